The third-order valence-electron chi connectivity index (χ3n) is 2.01. The quantitative estimate of drug-likeness (QED) is 0.402. The number of aliphatic imine (C=N–C) groups is 1. The van der Waals surface area contributed by atoms with E-state index >= 15 is 0 Å². The van der Waals surface area contributed by atoms with Crippen molar-refractivity contribution in [1.82, 2.24) is 4.98 Å². The SMILES string of the molecule is CC(C)[C@H](N=C([O-])c1ccccn1)C(=O)[O-].[Pd+2]. The molecule has 0 saturated heterocycles. The van der Waals surface area contributed by atoms with Crippen LogP contribution in [0.5, 0.6) is 0 Å². The van der Waals surface area contributed by atoms with Gasteiger partial charge in [0.15, 0.2) is 0 Å². The summed E-state index contributed by atoms with van der Waals surface area (Å²) in [5.41, 5.74) is 0.134. The maximum Gasteiger partial charge on any atom is 2.00 e. The smallest absolute Gasteiger partial charge is 0.857 e. The molecular formula is C11H12N2O3Pd. The largest absolute Gasteiger partial charge is 2.00 e. The van der Waals surface area contributed by atoms with Gasteiger partial charge in [-0.25, -0.2) is 0 Å². The molecule has 17 heavy (non-hydrogen) atoms. The van der Waals surface area contributed by atoms with Crippen LogP contribution in [0.4, 0.5) is 0 Å². The Bertz CT molecular complexity index is 393. The third kappa shape index (κ3) is 4.63. The molecule has 0 bridgehead atoms. The Hall–Kier alpha value is -1.25. The Morgan fingerprint density at radius 3 is 2.41 bits per heavy atom. The first kappa shape index (κ1) is 15.8. The van der Waals surface area contributed by atoms with Crippen LogP contribution in [0, 0.1) is 5.92 Å². The van der Waals surface area contributed by atoms with Gasteiger partial charge in [-0.3, -0.25) is 9.98 Å². The van der Waals surface area contributed by atoms with Crippen LogP contribution in [0.2, 0.25) is 0 Å². The van der Waals surface area contributed by atoms with Crippen LogP contribution in [0.25, 0.3) is 0 Å². The molecule has 94 valence electrons. The number of carboxylic acids is 1. The number of carbonyl (C=O) groups is 1. The third-order valence-corrected chi connectivity index (χ3v) is 2.01. The van der Waals surface area contributed by atoms with E-state index in [4.69, 9.17) is 0 Å². The molecule has 1 aromatic heterocycles. The van der Waals surface area contributed by atoms with E-state index in [1.54, 1.807) is 26.0 Å². The van der Waals surface area contributed by atoms with Crippen LogP contribution in [-0.4, -0.2) is 22.9 Å². The van der Waals surface area contributed by atoms with Crippen LogP contribution < -0.4 is 10.2 Å². The second-order valence-electron chi connectivity index (χ2n) is 3.66. The molecular weight excluding hydrogens is 315 g/mol. The van der Waals surface area contributed by atoms with Gasteiger partial charge in [0.1, 0.15) is 0 Å². The molecule has 0 aliphatic rings. The molecule has 0 spiro atoms. The molecule has 0 aromatic carbocycles. The van der Waals surface area contributed by atoms with Crippen LogP contribution in [0.15, 0.2) is 29.4 Å². The fraction of sp³-hybridized carbons (Fsp3) is 0.364. The van der Waals surface area contributed by atoms with Crippen molar-refractivity contribution in [3.8, 4) is 0 Å². The fourth-order valence-corrected chi connectivity index (χ4v) is 1.16. The van der Waals surface area contributed by atoms with Gasteiger partial charge in [0, 0.05) is 12.1 Å². The topological polar surface area (TPSA) is 88.4 Å². The minimum Gasteiger partial charge on any atom is -0.857 e. The Kier molecular flexibility index (Phi) is 6.63. The van der Waals surface area contributed by atoms with E-state index in [-0.39, 0.29) is 32.0 Å². The van der Waals surface area contributed by atoms with E-state index in [9.17, 15) is 15.0 Å². The molecule has 1 atom stereocenters. The predicted molar refractivity (Wildman–Crippen MR) is 54.4 cm³/mol. The number of aromatic nitrogens is 1. The molecule has 1 aromatic rings. The monoisotopic (exact) mass is 326 g/mol. The molecule has 0 amide bonds. The van der Waals surface area contributed by atoms with Crippen molar-refractivity contribution in [2.45, 2.75) is 19.9 Å². The number of hydrogen-bond donors (Lipinski definition) is 0. The Labute approximate surface area is 113 Å². The standard InChI is InChI=1S/C11H14N2O3.Pd/c1-7(2)9(11(15)16)13-10(14)8-5-3-4-6-12-8;/h3-7,9H,1-2H3,(H,13,14)(H,15,16);/q;+2/p-2/t9-;/m0./s1. The molecule has 0 aliphatic heterocycles. The molecule has 0 radical (unpaired) electrons. The summed E-state index contributed by atoms with van der Waals surface area (Å²) in [6, 6.07) is 3.65. The van der Waals surface area contributed by atoms with Gasteiger partial charge in [0.25, 0.3) is 0 Å². The van der Waals surface area contributed by atoms with E-state index in [0.717, 1.165) is 0 Å². The van der Waals surface area contributed by atoms with Gasteiger partial charge >= 0.3 is 20.4 Å². The van der Waals surface area contributed by atoms with E-state index < -0.39 is 17.9 Å². The van der Waals surface area contributed by atoms with E-state index in [0.29, 0.717) is 0 Å². The number of carboxylic acid groups (broad SMARTS) is 1. The molecule has 0 saturated carbocycles. The summed E-state index contributed by atoms with van der Waals surface area (Å²) in [5, 5.41) is 22.3. The summed E-state index contributed by atoms with van der Waals surface area (Å²) >= 11 is 0. The molecule has 0 aliphatic carbocycles. The second-order valence-corrected chi connectivity index (χ2v) is 3.66. The Morgan fingerprint density at radius 2 is 2.00 bits per heavy atom. The fourth-order valence-electron chi connectivity index (χ4n) is 1.16. The number of rotatable bonds is 4. The van der Waals surface area contributed by atoms with Gasteiger partial charge in [-0.15, -0.1) is 0 Å². The number of hydrogen-bond acceptors (Lipinski definition) is 5. The van der Waals surface area contributed by atoms with Gasteiger partial charge in [-0.1, -0.05) is 19.9 Å². The van der Waals surface area contributed by atoms with Gasteiger partial charge in [-0.2, -0.15) is 0 Å². The van der Waals surface area contributed by atoms with Crippen molar-refractivity contribution < 1.29 is 35.4 Å². The summed E-state index contributed by atoms with van der Waals surface area (Å²) in [7, 11) is 0. The Morgan fingerprint density at radius 1 is 1.35 bits per heavy atom. The van der Waals surface area contributed by atoms with Crippen LogP contribution in [0.1, 0.15) is 19.5 Å². The molecule has 6 heteroatoms. The van der Waals surface area contributed by atoms with Crippen molar-refractivity contribution in [1.29, 1.82) is 0 Å². The molecule has 0 N–H and O–H groups in total. The molecule has 1 rings (SSSR count). The van der Waals surface area contributed by atoms with Crippen molar-refractivity contribution in [2.24, 2.45) is 10.9 Å². The zero-order valence-electron chi connectivity index (χ0n) is 9.40. The maximum atomic E-state index is 11.5. The number of pyridine rings is 1. The molecule has 5 nitrogen and oxygen atoms in total. The summed E-state index contributed by atoms with van der Waals surface area (Å²) in [4.78, 5) is 18.1. The second kappa shape index (κ2) is 7.15. The Balaban J connectivity index is 0.00000256. The molecule has 0 fully saturated rings. The zero-order chi connectivity index (χ0) is 12.1. The summed E-state index contributed by atoms with van der Waals surface area (Å²) in [6.45, 7) is 3.32. The van der Waals surface area contributed by atoms with Crippen LogP contribution in [0.3, 0.4) is 0 Å². The van der Waals surface area contributed by atoms with Crippen molar-refractivity contribution in [3.05, 3.63) is 30.1 Å². The number of aliphatic carboxylic acids is 1. The average molecular weight is 327 g/mol. The van der Waals surface area contributed by atoms with Gasteiger partial charge in [0.2, 0.25) is 0 Å². The van der Waals surface area contributed by atoms with Crippen LogP contribution in [-0.2, 0) is 25.2 Å². The van der Waals surface area contributed by atoms with E-state index in [1.165, 1.54) is 12.3 Å². The summed E-state index contributed by atoms with van der Waals surface area (Å²) < 4.78 is 0. The maximum absolute atomic E-state index is 11.5. The first-order chi connectivity index (χ1) is 7.52. The zero-order valence-corrected chi connectivity index (χ0v) is 11.0. The number of nitrogens with zero attached hydrogens (tertiary/aromatic N) is 2. The minimum atomic E-state index is -1.35. The molecule has 1 heterocycles. The van der Waals surface area contributed by atoms with Crippen LogP contribution >= 0.6 is 0 Å². The number of carbonyl (C=O) groups excluding carboxylic acids is 1. The minimum absolute atomic E-state index is 0. The van der Waals surface area contributed by atoms with Crippen molar-refractivity contribution in [3.63, 3.8) is 0 Å². The van der Waals surface area contributed by atoms with Gasteiger partial charge in [-0.05, 0) is 18.1 Å². The van der Waals surface area contributed by atoms with Crippen molar-refractivity contribution in [2.75, 3.05) is 0 Å². The van der Waals surface area contributed by atoms with Gasteiger partial charge in [0.05, 0.1) is 17.7 Å². The van der Waals surface area contributed by atoms with E-state index in [1.807, 2.05) is 0 Å². The van der Waals surface area contributed by atoms with E-state index in [2.05, 4.69) is 9.98 Å². The first-order valence-corrected chi connectivity index (χ1v) is 4.89. The summed E-state index contributed by atoms with van der Waals surface area (Å²) in [6.07, 6.45) is 1.45. The average Bonchev–Trinajstić information content (AvgIpc) is 2.25. The predicted octanol–water partition coefficient (Wildman–Crippen LogP) is -1.04. The summed E-state index contributed by atoms with van der Waals surface area (Å²) in [5.74, 6) is -2.28. The molecule has 0 unspecified atom stereocenters. The normalized spacial score (nSPS) is 13.0. The van der Waals surface area contributed by atoms with Crippen molar-refractivity contribution >= 4 is 11.9 Å². The first-order valence-electron chi connectivity index (χ1n) is 4.89. The van der Waals surface area contributed by atoms with Gasteiger partial charge < -0.3 is 15.0 Å².